The first-order chi connectivity index (χ1) is 9.53. The molecule has 3 nitrogen and oxygen atoms in total. The first-order valence-corrected chi connectivity index (χ1v) is 7.95. The van der Waals surface area contributed by atoms with E-state index in [0.29, 0.717) is 0 Å². The van der Waals surface area contributed by atoms with Crippen molar-refractivity contribution in [3.8, 4) is 0 Å². The van der Waals surface area contributed by atoms with Crippen LogP contribution in [0.25, 0.3) is 0 Å². The third kappa shape index (κ3) is 6.49. The normalized spacial score (nSPS) is 15.6. The van der Waals surface area contributed by atoms with Crippen molar-refractivity contribution in [1.29, 1.82) is 0 Å². The Morgan fingerprint density at radius 3 is 2.60 bits per heavy atom. The maximum Gasteiger partial charge on any atom is 0.0403 e. The Morgan fingerprint density at radius 1 is 1.20 bits per heavy atom. The molecule has 2 N–H and O–H groups in total. The van der Waals surface area contributed by atoms with Crippen molar-refractivity contribution in [2.75, 3.05) is 6.54 Å². The third-order valence-electron chi connectivity index (χ3n) is 3.58. The molecule has 0 aromatic carbocycles. The zero-order valence-electron chi connectivity index (χ0n) is 13.2. The van der Waals surface area contributed by atoms with Crippen molar-refractivity contribution in [3.63, 3.8) is 0 Å². The van der Waals surface area contributed by atoms with Gasteiger partial charge in [0, 0.05) is 30.0 Å². The number of hydrogen-bond acceptors (Lipinski definition) is 3. The molecule has 0 aliphatic heterocycles. The number of hydrogen-bond donors (Lipinski definition) is 2. The van der Waals surface area contributed by atoms with E-state index in [1.807, 2.05) is 6.20 Å². The predicted molar refractivity (Wildman–Crippen MR) is 84.8 cm³/mol. The number of nitrogens with one attached hydrogen (secondary N) is 2. The summed E-state index contributed by atoms with van der Waals surface area (Å²) < 4.78 is 0. The van der Waals surface area contributed by atoms with Gasteiger partial charge in [0.15, 0.2) is 0 Å². The van der Waals surface area contributed by atoms with Crippen molar-refractivity contribution in [2.24, 2.45) is 0 Å². The van der Waals surface area contributed by atoms with Crippen molar-refractivity contribution < 1.29 is 0 Å². The van der Waals surface area contributed by atoms with Crippen LogP contribution >= 0.6 is 0 Å². The van der Waals surface area contributed by atoms with Gasteiger partial charge in [0.1, 0.15) is 0 Å². The number of aryl methyl sites for hydroxylation is 1. The van der Waals surface area contributed by atoms with Crippen LogP contribution in [0.4, 0.5) is 0 Å². The maximum absolute atomic E-state index is 4.56. The summed E-state index contributed by atoms with van der Waals surface area (Å²) in [5, 5.41) is 7.04. The van der Waals surface area contributed by atoms with E-state index in [2.05, 4.69) is 48.5 Å². The molecular weight excluding hydrogens is 246 g/mol. The highest BCUT2D eigenvalue weighted by Gasteiger charge is 2.19. The fourth-order valence-electron chi connectivity index (χ4n) is 2.10. The minimum Gasteiger partial charge on any atom is -0.314 e. The van der Waals surface area contributed by atoms with Crippen molar-refractivity contribution >= 4 is 0 Å². The van der Waals surface area contributed by atoms with Crippen LogP contribution in [0.1, 0.15) is 57.7 Å². The highest BCUT2D eigenvalue weighted by Crippen LogP contribution is 2.18. The number of rotatable bonds is 8. The average Bonchev–Trinajstić information content (AvgIpc) is 3.20. The van der Waals surface area contributed by atoms with E-state index >= 15 is 0 Å². The Morgan fingerprint density at radius 2 is 2.00 bits per heavy atom. The van der Waals surface area contributed by atoms with Gasteiger partial charge >= 0.3 is 0 Å². The molecule has 1 aromatic rings. The van der Waals surface area contributed by atoms with Gasteiger partial charge in [0.05, 0.1) is 0 Å². The molecule has 0 radical (unpaired) electrons. The molecule has 0 atom stereocenters. The second-order valence-corrected chi connectivity index (χ2v) is 6.95. The smallest absolute Gasteiger partial charge is 0.0403 e. The Hall–Kier alpha value is -0.930. The Labute approximate surface area is 123 Å². The molecule has 0 unspecified atom stereocenters. The zero-order chi connectivity index (χ0) is 14.4. The number of aromatic nitrogens is 1. The van der Waals surface area contributed by atoms with Crippen LogP contribution in [0, 0.1) is 0 Å². The number of nitrogens with zero attached hydrogens (tertiary/aromatic N) is 1. The molecule has 112 valence electrons. The van der Waals surface area contributed by atoms with E-state index in [0.717, 1.165) is 25.6 Å². The molecule has 1 heterocycles. The third-order valence-corrected chi connectivity index (χ3v) is 3.58. The van der Waals surface area contributed by atoms with Gasteiger partial charge in [0.25, 0.3) is 0 Å². The highest BCUT2D eigenvalue weighted by atomic mass is 14.9. The molecule has 1 saturated carbocycles. The summed E-state index contributed by atoms with van der Waals surface area (Å²) in [6.07, 6.45) is 8.35. The second kappa shape index (κ2) is 7.19. The molecule has 0 spiro atoms. The topological polar surface area (TPSA) is 37.0 Å². The van der Waals surface area contributed by atoms with Gasteiger partial charge in [-0.2, -0.15) is 0 Å². The van der Waals surface area contributed by atoms with E-state index < -0.39 is 0 Å². The Kier molecular flexibility index (Phi) is 5.55. The van der Waals surface area contributed by atoms with Gasteiger partial charge in [0.2, 0.25) is 0 Å². The molecule has 0 bridgehead atoms. The molecule has 3 heteroatoms. The van der Waals surface area contributed by atoms with Gasteiger partial charge in [-0.25, -0.2) is 0 Å². The molecular formula is C17H29N3. The van der Waals surface area contributed by atoms with Gasteiger partial charge in [-0.05, 0) is 71.0 Å². The first kappa shape index (κ1) is 15.5. The van der Waals surface area contributed by atoms with Crippen molar-refractivity contribution in [2.45, 2.75) is 71.0 Å². The predicted octanol–water partition coefficient (Wildman–Crippen LogP) is 3.04. The molecule has 2 rings (SSSR count). The quantitative estimate of drug-likeness (QED) is 0.716. The van der Waals surface area contributed by atoms with Gasteiger partial charge in [-0.3, -0.25) is 4.98 Å². The van der Waals surface area contributed by atoms with Crippen molar-refractivity contribution in [3.05, 3.63) is 29.6 Å². The van der Waals surface area contributed by atoms with Crippen LogP contribution in [0.3, 0.4) is 0 Å². The number of unbranched alkanes of at least 4 members (excludes halogenated alkanes) is 1. The summed E-state index contributed by atoms with van der Waals surface area (Å²) in [7, 11) is 0. The average molecular weight is 275 g/mol. The highest BCUT2D eigenvalue weighted by molar-refractivity contribution is 5.14. The molecule has 1 aliphatic carbocycles. The Bertz CT molecular complexity index is 388. The minimum atomic E-state index is 0.160. The fraction of sp³-hybridized carbons (Fsp3) is 0.706. The molecule has 1 aromatic heterocycles. The molecule has 0 amide bonds. The van der Waals surface area contributed by atoms with Crippen LogP contribution in [0.2, 0.25) is 0 Å². The molecule has 1 aliphatic rings. The standard InChI is InChI=1S/C17H29N3/c1-17(2,3)20-13-14-7-8-15(19-12-14)6-4-5-11-18-16-9-10-16/h7-8,12,16,18,20H,4-6,9-11,13H2,1-3H3. The van der Waals surface area contributed by atoms with Crippen LogP contribution < -0.4 is 10.6 Å². The Balaban J connectivity index is 1.62. The van der Waals surface area contributed by atoms with Gasteiger partial charge in [-0.15, -0.1) is 0 Å². The number of pyridine rings is 1. The zero-order valence-corrected chi connectivity index (χ0v) is 13.2. The SMILES string of the molecule is CC(C)(C)NCc1ccc(CCCCNC2CC2)nc1. The lowest BCUT2D eigenvalue weighted by Gasteiger charge is -2.20. The first-order valence-electron chi connectivity index (χ1n) is 7.95. The molecule has 0 saturated heterocycles. The minimum absolute atomic E-state index is 0.160. The summed E-state index contributed by atoms with van der Waals surface area (Å²) in [5.74, 6) is 0. The summed E-state index contributed by atoms with van der Waals surface area (Å²) in [6.45, 7) is 8.61. The van der Waals surface area contributed by atoms with E-state index in [-0.39, 0.29) is 5.54 Å². The lowest BCUT2D eigenvalue weighted by atomic mass is 10.1. The van der Waals surface area contributed by atoms with Crippen LogP contribution in [-0.2, 0) is 13.0 Å². The maximum atomic E-state index is 4.56. The lowest BCUT2D eigenvalue weighted by molar-refractivity contribution is 0.424. The largest absolute Gasteiger partial charge is 0.314 e. The van der Waals surface area contributed by atoms with E-state index in [4.69, 9.17) is 0 Å². The van der Waals surface area contributed by atoms with E-state index in [9.17, 15) is 0 Å². The van der Waals surface area contributed by atoms with E-state index in [1.54, 1.807) is 0 Å². The lowest BCUT2D eigenvalue weighted by Crippen LogP contribution is -2.35. The van der Waals surface area contributed by atoms with Crippen LogP contribution in [0.5, 0.6) is 0 Å². The summed E-state index contributed by atoms with van der Waals surface area (Å²) in [6, 6.07) is 5.21. The van der Waals surface area contributed by atoms with Gasteiger partial charge < -0.3 is 10.6 Å². The van der Waals surface area contributed by atoms with Crippen molar-refractivity contribution in [1.82, 2.24) is 15.6 Å². The van der Waals surface area contributed by atoms with Crippen LogP contribution in [0.15, 0.2) is 18.3 Å². The summed E-state index contributed by atoms with van der Waals surface area (Å²) in [4.78, 5) is 4.56. The van der Waals surface area contributed by atoms with E-state index in [1.165, 1.54) is 36.9 Å². The second-order valence-electron chi connectivity index (χ2n) is 6.95. The van der Waals surface area contributed by atoms with Crippen LogP contribution in [-0.4, -0.2) is 23.1 Å². The molecule has 1 fully saturated rings. The fourth-order valence-corrected chi connectivity index (χ4v) is 2.10. The monoisotopic (exact) mass is 275 g/mol. The molecule has 20 heavy (non-hydrogen) atoms. The van der Waals surface area contributed by atoms with Gasteiger partial charge in [-0.1, -0.05) is 6.07 Å². The summed E-state index contributed by atoms with van der Waals surface area (Å²) >= 11 is 0. The summed E-state index contributed by atoms with van der Waals surface area (Å²) in [5.41, 5.74) is 2.64.